The minimum absolute atomic E-state index is 0.227. The fourth-order valence-electron chi connectivity index (χ4n) is 4.28. The summed E-state index contributed by atoms with van der Waals surface area (Å²) in [6.07, 6.45) is 8.18. The average molecular weight is 491 g/mol. The van der Waals surface area contributed by atoms with Gasteiger partial charge in [-0.1, -0.05) is 50.3 Å². The average Bonchev–Trinajstić information content (AvgIpc) is 3.18. The number of halogens is 1. The number of fused-ring (bicyclic) bond motifs is 1. The van der Waals surface area contributed by atoms with Crippen molar-refractivity contribution in [2.24, 2.45) is 5.92 Å². The Morgan fingerprint density at radius 2 is 2.00 bits per heavy atom. The largest absolute Gasteiger partial charge is 0.351 e. The Morgan fingerprint density at radius 3 is 2.70 bits per heavy atom. The van der Waals surface area contributed by atoms with Gasteiger partial charge in [-0.3, -0.25) is 14.4 Å². The number of rotatable bonds is 10. The molecule has 3 N–H and O–H groups in total. The highest BCUT2D eigenvalue weighted by Gasteiger charge is 2.26. The van der Waals surface area contributed by atoms with Gasteiger partial charge in [-0.05, 0) is 36.6 Å². The number of carbonyl (C=O) groups excluding carboxylic acids is 3. The summed E-state index contributed by atoms with van der Waals surface area (Å²) in [5, 5.41) is 9.99. The molecule has 0 saturated heterocycles. The van der Waals surface area contributed by atoms with Crippen LogP contribution in [0.25, 0.3) is 10.2 Å². The van der Waals surface area contributed by atoms with Crippen molar-refractivity contribution in [3.05, 3.63) is 40.9 Å². The summed E-state index contributed by atoms with van der Waals surface area (Å²) in [5.41, 5.74) is 0.809. The van der Waals surface area contributed by atoms with Crippen molar-refractivity contribution in [1.82, 2.24) is 20.9 Å². The molecule has 9 heteroatoms. The van der Waals surface area contributed by atoms with E-state index in [2.05, 4.69) is 27.5 Å². The lowest BCUT2D eigenvalue weighted by atomic mass is 9.84. The smallest absolute Gasteiger partial charge is 0.243 e. The number of nitrogens with zero attached hydrogens (tertiary/aromatic N) is 1. The molecule has 1 aliphatic carbocycles. The highest BCUT2D eigenvalue weighted by molar-refractivity contribution is 7.18. The summed E-state index contributed by atoms with van der Waals surface area (Å²) in [6, 6.07) is 4.47. The molecule has 1 aliphatic rings. The lowest BCUT2D eigenvalue weighted by Crippen LogP contribution is -2.53. The number of carbonyl (C=O) groups is 3. The lowest BCUT2D eigenvalue weighted by molar-refractivity contribution is -0.128. The van der Waals surface area contributed by atoms with E-state index in [1.54, 1.807) is 6.07 Å². The van der Waals surface area contributed by atoms with Gasteiger partial charge < -0.3 is 16.0 Å². The number of benzene rings is 1. The first kappa shape index (κ1) is 25.2. The molecular weight excluding hydrogens is 460 g/mol. The Morgan fingerprint density at radius 1 is 1.24 bits per heavy atom. The van der Waals surface area contributed by atoms with Crippen LogP contribution in [0.15, 0.2) is 30.9 Å². The summed E-state index contributed by atoms with van der Waals surface area (Å²) in [4.78, 5) is 41.3. The van der Waals surface area contributed by atoms with Crippen molar-refractivity contribution in [2.45, 2.75) is 64.0 Å². The molecule has 1 aromatic heterocycles. The van der Waals surface area contributed by atoms with Crippen molar-refractivity contribution in [2.75, 3.05) is 6.54 Å². The van der Waals surface area contributed by atoms with Gasteiger partial charge in [-0.25, -0.2) is 4.98 Å². The van der Waals surface area contributed by atoms with E-state index in [4.69, 9.17) is 11.6 Å². The molecule has 0 aliphatic heterocycles. The van der Waals surface area contributed by atoms with Gasteiger partial charge in [-0.15, -0.1) is 11.3 Å². The van der Waals surface area contributed by atoms with E-state index in [0.29, 0.717) is 17.5 Å². The molecule has 2 aromatic rings. The van der Waals surface area contributed by atoms with E-state index in [1.165, 1.54) is 43.6 Å². The topological polar surface area (TPSA) is 100 Å². The van der Waals surface area contributed by atoms with Crippen molar-refractivity contribution >= 4 is 50.9 Å². The minimum Gasteiger partial charge on any atom is -0.351 e. The maximum absolute atomic E-state index is 13.2. The van der Waals surface area contributed by atoms with Gasteiger partial charge in [0.15, 0.2) is 0 Å². The second-order valence-electron chi connectivity index (χ2n) is 8.57. The first-order valence-electron chi connectivity index (χ1n) is 11.4. The second-order valence-corrected chi connectivity index (χ2v) is 10.1. The molecule has 7 nitrogen and oxygen atoms in total. The van der Waals surface area contributed by atoms with Gasteiger partial charge in [0.25, 0.3) is 0 Å². The summed E-state index contributed by atoms with van der Waals surface area (Å²) in [5.74, 6) is -0.332. The molecule has 3 rings (SSSR count). The monoisotopic (exact) mass is 490 g/mol. The summed E-state index contributed by atoms with van der Waals surface area (Å²) < 4.78 is 0.932. The Bertz CT molecular complexity index is 1000. The zero-order chi connectivity index (χ0) is 23.8. The first-order valence-corrected chi connectivity index (χ1v) is 12.6. The predicted octanol–water partition coefficient (Wildman–Crippen LogP) is 3.75. The maximum Gasteiger partial charge on any atom is 0.243 e. The molecule has 1 aromatic carbocycles. The molecule has 0 spiro atoms. The van der Waals surface area contributed by atoms with Crippen LogP contribution in [0.5, 0.6) is 0 Å². The van der Waals surface area contributed by atoms with Crippen LogP contribution >= 0.6 is 22.9 Å². The van der Waals surface area contributed by atoms with Crippen LogP contribution in [0.1, 0.15) is 50.5 Å². The van der Waals surface area contributed by atoms with E-state index in [-0.39, 0.29) is 30.2 Å². The first-order chi connectivity index (χ1) is 15.8. The number of aromatic nitrogens is 1. The lowest BCUT2D eigenvalue weighted by Gasteiger charge is -2.28. The summed E-state index contributed by atoms with van der Waals surface area (Å²) in [7, 11) is 0. The summed E-state index contributed by atoms with van der Waals surface area (Å²) >= 11 is 7.53. The Kier molecular flexibility index (Phi) is 9.26. The zero-order valence-corrected chi connectivity index (χ0v) is 20.4. The molecule has 1 heterocycles. The highest BCUT2D eigenvalue weighted by Crippen LogP contribution is 2.28. The number of amides is 3. The Balaban J connectivity index is 1.71. The fraction of sp³-hybridized carbons (Fsp3) is 0.500. The van der Waals surface area contributed by atoms with Gasteiger partial charge in [0.05, 0.1) is 15.2 Å². The van der Waals surface area contributed by atoms with E-state index in [1.807, 2.05) is 12.1 Å². The standard InChI is InChI=1S/C24H31ClN4O3S/c1-3-22(31)26-14-18(11-16-7-5-4-6-8-16)28-24(32)20(27-15(2)30)13-23-29-19-10-9-17(25)12-21(19)33-23/h3,9-10,12,16,18,20H,1,4-8,11,13-14H2,2H3,(H,26,31)(H,27,30)(H,28,32)/t18-,20-/m0/s1. The van der Waals surface area contributed by atoms with E-state index < -0.39 is 6.04 Å². The molecule has 0 bridgehead atoms. The quantitative estimate of drug-likeness (QED) is 0.441. The zero-order valence-electron chi connectivity index (χ0n) is 18.9. The van der Waals surface area contributed by atoms with Crippen molar-refractivity contribution in [1.29, 1.82) is 0 Å². The van der Waals surface area contributed by atoms with E-state index in [0.717, 1.165) is 34.5 Å². The third-order valence-electron chi connectivity index (χ3n) is 5.86. The minimum atomic E-state index is -0.762. The third kappa shape index (κ3) is 7.82. The number of nitrogens with one attached hydrogen (secondary N) is 3. The Hall–Kier alpha value is -2.45. The molecular formula is C24H31ClN4O3S. The van der Waals surface area contributed by atoms with E-state index >= 15 is 0 Å². The van der Waals surface area contributed by atoms with Crippen LogP contribution in [-0.4, -0.2) is 41.3 Å². The molecule has 0 unspecified atom stereocenters. The van der Waals surface area contributed by atoms with Gasteiger partial charge >= 0.3 is 0 Å². The van der Waals surface area contributed by atoms with Crippen molar-refractivity contribution in [3.63, 3.8) is 0 Å². The maximum atomic E-state index is 13.2. The van der Waals surface area contributed by atoms with Crippen molar-refractivity contribution in [3.8, 4) is 0 Å². The second kappa shape index (κ2) is 12.1. The Labute approximate surface area is 203 Å². The number of hydrogen-bond donors (Lipinski definition) is 3. The molecule has 33 heavy (non-hydrogen) atoms. The molecule has 2 atom stereocenters. The molecule has 0 radical (unpaired) electrons. The number of hydrogen-bond acceptors (Lipinski definition) is 5. The SMILES string of the molecule is C=CC(=O)NC[C@H](CC1CCCCC1)NC(=O)[C@H](Cc1nc2ccc(Cl)cc2s1)NC(C)=O. The van der Waals surface area contributed by atoms with Crippen LogP contribution in [0.3, 0.4) is 0 Å². The van der Waals surface area contributed by atoms with Crippen molar-refractivity contribution < 1.29 is 14.4 Å². The molecule has 1 fully saturated rings. The molecule has 3 amide bonds. The molecule has 178 valence electrons. The van der Waals surface area contributed by atoms with Crippen LogP contribution in [0, 0.1) is 5.92 Å². The predicted molar refractivity (Wildman–Crippen MR) is 132 cm³/mol. The van der Waals surface area contributed by atoms with Crippen LogP contribution in [0.2, 0.25) is 5.02 Å². The number of thiazole rings is 1. The van der Waals surface area contributed by atoms with Crippen LogP contribution in [0.4, 0.5) is 0 Å². The van der Waals surface area contributed by atoms with Crippen LogP contribution in [-0.2, 0) is 20.8 Å². The normalized spacial score (nSPS) is 16.1. The van der Waals surface area contributed by atoms with Gasteiger partial charge in [0.1, 0.15) is 6.04 Å². The molecule has 1 saturated carbocycles. The fourth-order valence-corrected chi connectivity index (χ4v) is 5.57. The van der Waals surface area contributed by atoms with Gasteiger partial charge in [0, 0.05) is 31.0 Å². The highest BCUT2D eigenvalue weighted by atomic mass is 35.5. The van der Waals surface area contributed by atoms with Crippen LogP contribution < -0.4 is 16.0 Å². The van der Waals surface area contributed by atoms with Gasteiger partial charge in [0.2, 0.25) is 17.7 Å². The third-order valence-corrected chi connectivity index (χ3v) is 7.14. The summed E-state index contributed by atoms with van der Waals surface area (Å²) in [6.45, 7) is 5.20. The van der Waals surface area contributed by atoms with E-state index in [9.17, 15) is 14.4 Å². The van der Waals surface area contributed by atoms with Gasteiger partial charge in [-0.2, -0.15) is 0 Å².